The molecule has 0 saturated carbocycles. The lowest BCUT2D eigenvalue weighted by molar-refractivity contribution is 0.0789. The van der Waals surface area contributed by atoms with Gasteiger partial charge in [0.15, 0.2) is 0 Å². The topological polar surface area (TPSA) is 85.3 Å². The van der Waals surface area contributed by atoms with E-state index in [1.807, 2.05) is 12.3 Å². The number of nitrogens with zero attached hydrogens (tertiary/aromatic N) is 2. The van der Waals surface area contributed by atoms with Gasteiger partial charge in [0, 0.05) is 27.2 Å². The number of anilines is 2. The molecule has 0 bridgehead atoms. The van der Waals surface area contributed by atoms with E-state index in [0.29, 0.717) is 18.1 Å². The maximum atomic E-state index is 9.01. The highest BCUT2D eigenvalue weighted by atomic mass is 28.3. The van der Waals surface area contributed by atoms with Gasteiger partial charge < -0.3 is 10.5 Å². The van der Waals surface area contributed by atoms with Crippen molar-refractivity contribution in [2.45, 2.75) is 25.9 Å². The summed E-state index contributed by atoms with van der Waals surface area (Å²) in [6, 6.07) is 6.55. The summed E-state index contributed by atoms with van der Waals surface area (Å²) in [6.07, 6.45) is 3.68. The van der Waals surface area contributed by atoms with E-state index in [9.17, 15) is 0 Å². The number of hydrogen-bond donors (Lipinski definition) is 3. The van der Waals surface area contributed by atoms with E-state index >= 15 is 0 Å². The average Bonchev–Trinajstić information content (AvgIpc) is 2.93. The minimum atomic E-state index is -0.235. The van der Waals surface area contributed by atoms with Crippen LogP contribution in [0.15, 0.2) is 30.6 Å². The van der Waals surface area contributed by atoms with Crippen LogP contribution in [0.3, 0.4) is 0 Å². The Kier molecular flexibility index (Phi) is 5.37. The summed E-state index contributed by atoms with van der Waals surface area (Å²) in [5.41, 5.74) is 10.7. The predicted molar refractivity (Wildman–Crippen MR) is 85.7 cm³/mol. The monoisotopic (exact) mass is 305 g/mol. The lowest BCUT2D eigenvalue weighted by Crippen LogP contribution is -2.08. The second kappa shape index (κ2) is 7.25. The maximum Gasteiger partial charge on any atom is 0.139 e. The van der Waals surface area contributed by atoms with Gasteiger partial charge in [0.25, 0.3) is 0 Å². The molecule has 1 heterocycles. The fraction of sp³-hybridized carbons (Fsp3) is 0.357. The molecule has 21 heavy (non-hydrogen) atoms. The Labute approximate surface area is 126 Å². The lowest BCUT2D eigenvalue weighted by Gasteiger charge is -2.06. The molecule has 7 heteroatoms. The molecular weight excluding hydrogens is 284 g/mol. The van der Waals surface area contributed by atoms with Crippen LogP contribution in [0, 0.1) is 0 Å². The quantitative estimate of drug-likeness (QED) is 0.317. The van der Waals surface area contributed by atoms with Crippen molar-refractivity contribution >= 4 is 20.2 Å². The van der Waals surface area contributed by atoms with Crippen LogP contribution in [-0.2, 0) is 11.5 Å². The maximum absolute atomic E-state index is 9.01. The van der Waals surface area contributed by atoms with Crippen LogP contribution in [0.2, 0.25) is 19.1 Å². The summed E-state index contributed by atoms with van der Waals surface area (Å²) >= 11 is 0. The van der Waals surface area contributed by atoms with Crippen LogP contribution in [0.4, 0.5) is 11.4 Å². The molecule has 0 fully saturated rings. The van der Waals surface area contributed by atoms with Gasteiger partial charge in [-0.05, 0) is 23.7 Å². The molecular formula is C14H21N4O2Si. The Balaban J connectivity index is 1.99. The van der Waals surface area contributed by atoms with Crippen molar-refractivity contribution in [3.63, 3.8) is 0 Å². The molecule has 0 saturated heterocycles. The summed E-state index contributed by atoms with van der Waals surface area (Å²) in [6.45, 7) is 5.77. The zero-order valence-electron chi connectivity index (χ0n) is 12.3. The average molecular weight is 305 g/mol. The molecule has 6 nitrogen and oxygen atoms in total. The van der Waals surface area contributed by atoms with E-state index in [1.165, 1.54) is 0 Å². The third-order valence-corrected chi connectivity index (χ3v) is 4.31. The fourth-order valence-electron chi connectivity index (χ4n) is 1.85. The zero-order chi connectivity index (χ0) is 15.2. The first kappa shape index (κ1) is 15.6. The van der Waals surface area contributed by atoms with Gasteiger partial charge in [-0.15, -0.1) is 0 Å². The fourth-order valence-corrected chi connectivity index (χ4v) is 2.40. The smallest absolute Gasteiger partial charge is 0.139 e. The molecule has 4 N–H and O–H groups in total. The number of nitrogens with one attached hydrogen (secondary N) is 1. The number of rotatable bonds is 7. The van der Waals surface area contributed by atoms with Crippen LogP contribution < -0.4 is 11.2 Å². The summed E-state index contributed by atoms with van der Waals surface area (Å²) < 4.78 is 7.36. The Morgan fingerprint density at radius 3 is 2.90 bits per heavy atom. The molecule has 0 aliphatic rings. The third-order valence-electron chi connectivity index (χ3n) is 3.11. The zero-order valence-corrected chi connectivity index (χ0v) is 13.3. The van der Waals surface area contributed by atoms with Gasteiger partial charge in [0.05, 0.1) is 17.6 Å². The second-order valence-corrected chi connectivity index (χ2v) is 8.09. The summed E-state index contributed by atoms with van der Waals surface area (Å²) in [7, 11) is -0.235. The van der Waals surface area contributed by atoms with E-state index in [4.69, 9.17) is 15.7 Å². The predicted octanol–water partition coefficient (Wildman–Crippen LogP) is 2.66. The normalized spacial score (nSPS) is 11.0. The number of nitrogen functional groups attached to an aromatic ring is 1. The van der Waals surface area contributed by atoms with Gasteiger partial charge in [0.2, 0.25) is 0 Å². The van der Waals surface area contributed by atoms with Crippen molar-refractivity contribution in [1.29, 1.82) is 0 Å². The van der Waals surface area contributed by atoms with E-state index in [-0.39, 0.29) is 8.80 Å². The number of benzene rings is 1. The van der Waals surface area contributed by atoms with Gasteiger partial charge in [-0.1, -0.05) is 19.2 Å². The summed E-state index contributed by atoms with van der Waals surface area (Å²) in [5.74, 6) is 0. The first-order valence-corrected chi connectivity index (χ1v) is 9.50. The van der Waals surface area contributed by atoms with E-state index in [2.05, 4.69) is 23.7 Å². The molecule has 0 unspecified atom stereocenters. The molecule has 0 spiro atoms. The van der Waals surface area contributed by atoms with Crippen LogP contribution in [-0.4, -0.2) is 30.4 Å². The lowest BCUT2D eigenvalue weighted by atomic mass is 10.1. The SMILES string of the molecule is C[Si](C)CCOCn1cc(-c2ccc(N)c(NO)c2)cn1. The van der Waals surface area contributed by atoms with Gasteiger partial charge in [-0.3, -0.25) is 10.7 Å². The number of aromatic nitrogens is 2. The number of nitrogens with two attached hydrogens (primary N) is 1. The second-order valence-electron chi connectivity index (χ2n) is 5.18. The van der Waals surface area contributed by atoms with Gasteiger partial charge in [0.1, 0.15) is 6.73 Å². The molecule has 0 aliphatic heterocycles. The van der Waals surface area contributed by atoms with Gasteiger partial charge in [-0.2, -0.15) is 5.10 Å². The van der Waals surface area contributed by atoms with Crippen molar-refractivity contribution < 1.29 is 9.94 Å². The molecule has 2 aromatic rings. The van der Waals surface area contributed by atoms with Crippen molar-refractivity contribution in [3.05, 3.63) is 30.6 Å². The minimum Gasteiger partial charge on any atom is -0.397 e. The van der Waals surface area contributed by atoms with Gasteiger partial charge in [-0.25, -0.2) is 4.68 Å². The molecule has 0 aliphatic carbocycles. The molecule has 113 valence electrons. The Morgan fingerprint density at radius 1 is 1.38 bits per heavy atom. The minimum absolute atomic E-state index is 0.235. The number of hydrogen-bond acceptors (Lipinski definition) is 5. The van der Waals surface area contributed by atoms with E-state index < -0.39 is 0 Å². The van der Waals surface area contributed by atoms with Crippen molar-refractivity contribution in [3.8, 4) is 11.1 Å². The molecule has 0 amide bonds. The molecule has 0 atom stereocenters. The molecule has 1 radical (unpaired) electrons. The highest BCUT2D eigenvalue weighted by Gasteiger charge is 2.05. The largest absolute Gasteiger partial charge is 0.397 e. The highest BCUT2D eigenvalue weighted by molar-refractivity contribution is 6.55. The van der Waals surface area contributed by atoms with Crippen molar-refractivity contribution in [2.75, 3.05) is 17.8 Å². The molecule has 1 aromatic heterocycles. The van der Waals surface area contributed by atoms with E-state index in [1.54, 1.807) is 23.0 Å². The van der Waals surface area contributed by atoms with Crippen molar-refractivity contribution in [2.24, 2.45) is 0 Å². The standard InChI is InChI=1S/C14H21N4O2Si/c1-21(2)6-5-20-10-18-9-12(8-16-18)11-3-4-13(15)14(7-11)17-19/h3-4,7-9,17,19H,5-6,10,15H2,1-2H3. The third kappa shape index (κ3) is 4.32. The van der Waals surface area contributed by atoms with E-state index in [0.717, 1.165) is 23.8 Å². The van der Waals surface area contributed by atoms with Crippen molar-refractivity contribution in [1.82, 2.24) is 9.78 Å². The van der Waals surface area contributed by atoms with Crippen LogP contribution >= 0.6 is 0 Å². The number of ether oxygens (including phenoxy) is 1. The molecule has 2 rings (SSSR count). The van der Waals surface area contributed by atoms with Crippen LogP contribution in [0.5, 0.6) is 0 Å². The van der Waals surface area contributed by atoms with Gasteiger partial charge >= 0.3 is 0 Å². The molecule has 1 aromatic carbocycles. The Morgan fingerprint density at radius 2 is 2.19 bits per heavy atom. The summed E-state index contributed by atoms with van der Waals surface area (Å²) in [4.78, 5) is 0. The first-order valence-electron chi connectivity index (χ1n) is 6.79. The Bertz CT molecular complexity index is 586. The van der Waals surface area contributed by atoms with Crippen LogP contribution in [0.1, 0.15) is 0 Å². The Hall–Kier alpha value is -1.83. The first-order chi connectivity index (χ1) is 10.1. The highest BCUT2D eigenvalue weighted by Crippen LogP contribution is 2.26. The summed E-state index contributed by atoms with van der Waals surface area (Å²) in [5, 5.41) is 13.3. The van der Waals surface area contributed by atoms with Crippen LogP contribution in [0.25, 0.3) is 11.1 Å².